The first-order chi connectivity index (χ1) is 8.43. The second-order valence-corrected chi connectivity index (χ2v) is 5.50. The van der Waals surface area contributed by atoms with Gasteiger partial charge in [0.25, 0.3) is 5.56 Å². The molecule has 0 amide bonds. The fourth-order valence-electron chi connectivity index (χ4n) is 2.58. The van der Waals surface area contributed by atoms with Crippen LogP contribution in [-0.2, 0) is 20.6 Å². The first-order valence-corrected chi connectivity index (χ1v) is 6.44. The normalized spacial score (nSPS) is 18.2. The van der Waals surface area contributed by atoms with Crippen molar-refractivity contribution in [1.29, 1.82) is 0 Å². The summed E-state index contributed by atoms with van der Waals surface area (Å²) in [6.07, 6.45) is 4.82. The van der Waals surface area contributed by atoms with Crippen molar-refractivity contribution in [3.63, 3.8) is 0 Å². The summed E-state index contributed by atoms with van der Waals surface area (Å²) in [5.74, 6) is 0. The average Bonchev–Trinajstić information content (AvgIpc) is 2.77. The maximum atomic E-state index is 11.8. The molecule has 0 unspecified atom stereocenters. The Balaban J connectivity index is 2.20. The predicted octanol–water partition coefficient (Wildman–Crippen LogP) is 0.506. The van der Waals surface area contributed by atoms with Crippen molar-refractivity contribution in [1.82, 2.24) is 14.5 Å². The van der Waals surface area contributed by atoms with E-state index in [1.54, 1.807) is 7.05 Å². The summed E-state index contributed by atoms with van der Waals surface area (Å²) in [4.78, 5) is 23.4. The quantitative estimate of drug-likeness (QED) is 0.851. The monoisotopic (exact) mass is 251 g/mol. The van der Waals surface area contributed by atoms with Crippen LogP contribution in [0.5, 0.6) is 0 Å². The summed E-state index contributed by atoms with van der Waals surface area (Å²) in [5.41, 5.74) is 0.385. The molecule has 5 nitrogen and oxygen atoms in total. The van der Waals surface area contributed by atoms with E-state index in [1.165, 1.54) is 30.5 Å². The van der Waals surface area contributed by atoms with Crippen LogP contribution < -0.4 is 16.6 Å². The fourth-order valence-corrected chi connectivity index (χ4v) is 2.58. The lowest BCUT2D eigenvalue weighted by atomic mass is 10.0. The molecule has 1 fully saturated rings. The highest BCUT2D eigenvalue weighted by Crippen LogP contribution is 2.28. The highest BCUT2D eigenvalue weighted by Gasteiger charge is 2.27. The Morgan fingerprint density at radius 2 is 1.83 bits per heavy atom. The van der Waals surface area contributed by atoms with Gasteiger partial charge in [0, 0.05) is 37.9 Å². The van der Waals surface area contributed by atoms with Crippen LogP contribution in [0.4, 0.5) is 0 Å². The van der Waals surface area contributed by atoms with Crippen molar-refractivity contribution in [2.24, 2.45) is 14.1 Å². The molecule has 1 aliphatic carbocycles. The number of rotatable bonds is 3. The first kappa shape index (κ1) is 13.1. The lowest BCUT2D eigenvalue weighted by Crippen LogP contribution is -2.43. The summed E-state index contributed by atoms with van der Waals surface area (Å²) in [7, 11) is 3.20. The minimum absolute atomic E-state index is 0.150. The number of nitrogens with one attached hydrogen (secondary N) is 1. The first-order valence-electron chi connectivity index (χ1n) is 6.44. The predicted molar refractivity (Wildman–Crippen MR) is 70.6 cm³/mol. The molecule has 1 N–H and O–H groups in total. The van der Waals surface area contributed by atoms with Crippen molar-refractivity contribution in [3.05, 3.63) is 32.6 Å². The van der Waals surface area contributed by atoms with Crippen molar-refractivity contribution in [3.8, 4) is 0 Å². The average molecular weight is 251 g/mol. The van der Waals surface area contributed by atoms with E-state index in [4.69, 9.17) is 0 Å². The molecule has 1 aliphatic rings. The minimum Gasteiger partial charge on any atom is -0.306 e. The zero-order chi connectivity index (χ0) is 13.3. The van der Waals surface area contributed by atoms with Crippen molar-refractivity contribution in [2.75, 3.05) is 0 Å². The molecule has 1 heterocycles. The Labute approximate surface area is 106 Å². The Morgan fingerprint density at radius 1 is 1.22 bits per heavy atom. The highest BCUT2D eigenvalue weighted by molar-refractivity contribution is 5.03. The van der Waals surface area contributed by atoms with E-state index in [0.717, 1.165) is 23.1 Å². The SMILES string of the molecule is Cn1c(CNC2(C)CCCC2)cc(=O)n(C)c1=O. The standard InChI is InChI=1S/C13H21N3O2/c1-13(6-4-5-7-13)14-9-10-8-11(17)16(3)12(18)15(10)2/h8,14H,4-7,9H2,1-3H3. The molecule has 0 spiro atoms. The topological polar surface area (TPSA) is 56.0 Å². The fraction of sp³-hybridized carbons (Fsp3) is 0.692. The molecule has 1 aromatic rings. The van der Waals surface area contributed by atoms with Gasteiger partial charge in [-0.15, -0.1) is 0 Å². The Bertz CT molecular complexity index is 550. The van der Waals surface area contributed by atoms with E-state index in [9.17, 15) is 9.59 Å². The van der Waals surface area contributed by atoms with Gasteiger partial charge < -0.3 is 5.32 Å². The van der Waals surface area contributed by atoms with Gasteiger partial charge in [0.05, 0.1) is 0 Å². The molecule has 0 atom stereocenters. The second-order valence-electron chi connectivity index (χ2n) is 5.50. The van der Waals surface area contributed by atoms with Gasteiger partial charge in [-0.3, -0.25) is 13.9 Å². The maximum Gasteiger partial charge on any atom is 0.330 e. The summed E-state index contributed by atoms with van der Waals surface area (Å²) in [6.45, 7) is 2.78. The van der Waals surface area contributed by atoms with Crippen LogP contribution in [0, 0.1) is 0 Å². The molecule has 0 bridgehead atoms. The summed E-state index contributed by atoms with van der Waals surface area (Å²) in [6, 6.07) is 1.53. The van der Waals surface area contributed by atoms with E-state index in [1.807, 2.05) is 0 Å². The zero-order valence-electron chi connectivity index (χ0n) is 11.3. The van der Waals surface area contributed by atoms with Gasteiger partial charge in [-0.2, -0.15) is 0 Å². The van der Waals surface area contributed by atoms with Gasteiger partial charge in [0.1, 0.15) is 0 Å². The molecule has 5 heteroatoms. The number of hydrogen-bond donors (Lipinski definition) is 1. The molecule has 1 aromatic heterocycles. The third-order valence-corrected chi connectivity index (χ3v) is 4.03. The minimum atomic E-state index is -0.268. The van der Waals surface area contributed by atoms with Crippen molar-refractivity contribution < 1.29 is 0 Å². The van der Waals surface area contributed by atoms with E-state index < -0.39 is 0 Å². The largest absolute Gasteiger partial charge is 0.330 e. The zero-order valence-corrected chi connectivity index (χ0v) is 11.3. The molecule has 0 aliphatic heterocycles. The molecule has 0 saturated heterocycles. The molecule has 18 heavy (non-hydrogen) atoms. The van der Waals surface area contributed by atoms with Gasteiger partial charge in [0.2, 0.25) is 0 Å². The highest BCUT2D eigenvalue weighted by atomic mass is 16.2. The van der Waals surface area contributed by atoms with Crippen LogP contribution in [0.3, 0.4) is 0 Å². The van der Waals surface area contributed by atoms with Crippen LogP contribution in [0.15, 0.2) is 15.7 Å². The molecule has 100 valence electrons. The summed E-state index contributed by atoms with van der Waals surface area (Å²) >= 11 is 0. The Kier molecular flexibility index (Phi) is 3.43. The number of nitrogens with zero attached hydrogens (tertiary/aromatic N) is 2. The molecular weight excluding hydrogens is 230 g/mol. The Hall–Kier alpha value is -1.36. The molecule has 1 saturated carbocycles. The summed E-state index contributed by atoms with van der Waals surface area (Å²) < 4.78 is 2.66. The van der Waals surface area contributed by atoms with Gasteiger partial charge in [-0.1, -0.05) is 12.8 Å². The van der Waals surface area contributed by atoms with Gasteiger partial charge in [-0.05, 0) is 19.8 Å². The molecule has 0 radical (unpaired) electrons. The number of hydrogen-bond acceptors (Lipinski definition) is 3. The van der Waals surface area contributed by atoms with Crippen molar-refractivity contribution >= 4 is 0 Å². The van der Waals surface area contributed by atoms with Crippen LogP contribution in [-0.4, -0.2) is 14.7 Å². The van der Waals surface area contributed by atoms with Gasteiger partial charge in [0.15, 0.2) is 0 Å². The molecule has 0 aromatic carbocycles. The third-order valence-electron chi connectivity index (χ3n) is 4.03. The van der Waals surface area contributed by atoms with Gasteiger partial charge >= 0.3 is 5.69 Å². The van der Waals surface area contributed by atoms with Crippen LogP contribution >= 0.6 is 0 Å². The second kappa shape index (κ2) is 4.72. The van der Waals surface area contributed by atoms with E-state index in [-0.39, 0.29) is 16.8 Å². The summed E-state index contributed by atoms with van der Waals surface area (Å²) in [5, 5.41) is 3.48. The van der Waals surface area contributed by atoms with Crippen LogP contribution in [0.25, 0.3) is 0 Å². The van der Waals surface area contributed by atoms with E-state index >= 15 is 0 Å². The molecule has 2 rings (SSSR count). The smallest absolute Gasteiger partial charge is 0.306 e. The lowest BCUT2D eigenvalue weighted by Gasteiger charge is -2.25. The maximum absolute atomic E-state index is 11.8. The number of aromatic nitrogens is 2. The lowest BCUT2D eigenvalue weighted by molar-refractivity contribution is 0.356. The van der Waals surface area contributed by atoms with Crippen LogP contribution in [0.1, 0.15) is 38.3 Å². The van der Waals surface area contributed by atoms with E-state index in [2.05, 4.69) is 12.2 Å². The van der Waals surface area contributed by atoms with Crippen LogP contribution in [0.2, 0.25) is 0 Å². The third kappa shape index (κ3) is 2.41. The Morgan fingerprint density at radius 3 is 2.44 bits per heavy atom. The van der Waals surface area contributed by atoms with Gasteiger partial charge in [-0.25, -0.2) is 4.79 Å². The van der Waals surface area contributed by atoms with Crippen molar-refractivity contribution in [2.45, 2.75) is 44.7 Å². The van der Waals surface area contributed by atoms with E-state index in [0.29, 0.717) is 6.54 Å². The molecular formula is C13H21N3O2.